The third-order valence-corrected chi connectivity index (χ3v) is 9.48. The number of urea groups is 1. The first-order valence-electron chi connectivity index (χ1n) is 13.8. The Hall–Kier alpha value is -3.38. The minimum atomic E-state index is -4.77. The van der Waals surface area contributed by atoms with Crippen LogP contribution in [-0.4, -0.2) is 70.7 Å². The zero-order valence-electron chi connectivity index (χ0n) is 22.9. The number of hydrazine groups is 1. The molecule has 236 valence electrons. The Balaban J connectivity index is 1.16. The van der Waals surface area contributed by atoms with E-state index < -0.39 is 56.5 Å². The Kier molecular flexibility index (Phi) is 8.63. The molecule has 1 aromatic heterocycles. The number of aromatic nitrogens is 3. The molecule has 1 aliphatic carbocycles. The van der Waals surface area contributed by atoms with Crippen LogP contribution in [0.25, 0.3) is 0 Å². The van der Waals surface area contributed by atoms with Gasteiger partial charge in [-0.05, 0) is 48.8 Å². The van der Waals surface area contributed by atoms with E-state index in [4.69, 9.17) is 5.73 Å². The zero-order valence-corrected chi connectivity index (χ0v) is 23.7. The summed E-state index contributed by atoms with van der Waals surface area (Å²) in [7, 11) is -4.77. The van der Waals surface area contributed by atoms with Crippen molar-refractivity contribution in [1.82, 2.24) is 34.8 Å². The van der Waals surface area contributed by atoms with Crippen LogP contribution in [0.5, 0.6) is 0 Å². The first kappa shape index (κ1) is 31.1. The Morgan fingerprint density at radius 2 is 1.72 bits per heavy atom. The molecule has 0 bridgehead atoms. The van der Waals surface area contributed by atoms with Crippen molar-refractivity contribution in [2.75, 3.05) is 19.6 Å². The topological polar surface area (TPSA) is 156 Å². The van der Waals surface area contributed by atoms with Gasteiger partial charge in [0.2, 0.25) is 11.7 Å². The predicted molar refractivity (Wildman–Crippen MR) is 139 cm³/mol. The van der Waals surface area contributed by atoms with E-state index in [0.717, 1.165) is 30.3 Å². The molecule has 0 spiro atoms. The van der Waals surface area contributed by atoms with Gasteiger partial charge in [-0.1, -0.05) is 12.8 Å². The Bertz CT molecular complexity index is 1490. The number of fused-ring (bicyclic) bond motifs is 2. The molecule has 12 nitrogen and oxygen atoms in total. The number of halogens is 5. The lowest BCUT2D eigenvalue weighted by atomic mass is 9.82. The third kappa shape index (κ3) is 6.90. The van der Waals surface area contributed by atoms with Gasteiger partial charge in [-0.25, -0.2) is 31.7 Å². The number of nitrogens with zero attached hydrogens (tertiary/aromatic N) is 5. The molecule has 2 aliphatic heterocycles. The van der Waals surface area contributed by atoms with E-state index in [0.29, 0.717) is 37.1 Å². The lowest BCUT2D eigenvalue weighted by Gasteiger charge is -2.29. The van der Waals surface area contributed by atoms with Crippen molar-refractivity contribution in [3.8, 4) is 0 Å². The van der Waals surface area contributed by atoms with Crippen LogP contribution in [0.4, 0.5) is 26.7 Å². The molecule has 3 atom stereocenters. The standard InChI is InChI=1S/C25H31F5N8O4S/c26-18-10-20(43(41,42)35-24(40)34-37-11-14-3-1-2-4-15(14)12-37)19(27)8-16(18)7-17(31)9-22(39)36-5-6-38-21(13-36)32-33-23(38)25(28,29)30/h8,10,14-15,17H,1-7,9,11-13,31H2,(H2,34,35,40)/t14?,15?,17-/m1/s1. The predicted octanol–water partition coefficient (Wildman–Crippen LogP) is 1.90. The normalized spacial score (nSPS) is 21.7. The SMILES string of the molecule is N[C@@H](CC(=O)N1CCn2c(nnc2C(F)(F)F)C1)Cc1cc(F)c(S(=O)(=O)NC(=O)NN2CC3CCCCC3C2)cc1F. The molecule has 1 saturated carbocycles. The van der Waals surface area contributed by atoms with Gasteiger partial charge in [-0.3, -0.25) is 10.2 Å². The maximum Gasteiger partial charge on any atom is 0.451 e. The van der Waals surface area contributed by atoms with Crippen LogP contribution in [0.3, 0.4) is 0 Å². The largest absolute Gasteiger partial charge is 0.451 e. The van der Waals surface area contributed by atoms with Gasteiger partial charge in [0.25, 0.3) is 10.0 Å². The monoisotopic (exact) mass is 634 g/mol. The number of hydrogen-bond acceptors (Lipinski definition) is 8. The van der Waals surface area contributed by atoms with E-state index in [-0.39, 0.29) is 43.9 Å². The van der Waals surface area contributed by atoms with Gasteiger partial charge < -0.3 is 15.2 Å². The number of sulfonamides is 1. The summed E-state index contributed by atoms with van der Waals surface area (Å²) in [5.41, 5.74) is 8.16. The Morgan fingerprint density at radius 3 is 2.37 bits per heavy atom. The maximum absolute atomic E-state index is 14.9. The summed E-state index contributed by atoms with van der Waals surface area (Å²) in [6.07, 6.45) is -1.10. The number of nitrogens with one attached hydrogen (secondary N) is 2. The van der Waals surface area contributed by atoms with Crippen LogP contribution >= 0.6 is 0 Å². The third-order valence-electron chi connectivity index (χ3n) is 8.13. The Labute approximate surface area is 243 Å². The van der Waals surface area contributed by atoms with E-state index in [9.17, 15) is 40.0 Å². The summed E-state index contributed by atoms with van der Waals surface area (Å²) in [5.74, 6) is -3.35. The number of alkyl halides is 3. The van der Waals surface area contributed by atoms with Crippen molar-refractivity contribution in [3.05, 3.63) is 41.0 Å². The smallest absolute Gasteiger partial charge is 0.333 e. The second-order valence-electron chi connectivity index (χ2n) is 11.2. The van der Waals surface area contributed by atoms with Crippen molar-refractivity contribution in [1.29, 1.82) is 0 Å². The van der Waals surface area contributed by atoms with Crippen LogP contribution in [0.2, 0.25) is 0 Å². The first-order chi connectivity index (χ1) is 20.2. The van der Waals surface area contributed by atoms with E-state index in [1.165, 1.54) is 4.90 Å². The first-order valence-corrected chi connectivity index (χ1v) is 15.3. The molecule has 5 rings (SSSR count). The molecule has 1 aromatic carbocycles. The highest BCUT2D eigenvalue weighted by atomic mass is 32.2. The fourth-order valence-electron chi connectivity index (χ4n) is 6.06. The van der Waals surface area contributed by atoms with E-state index in [1.54, 1.807) is 9.73 Å². The van der Waals surface area contributed by atoms with Crippen LogP contribution in [0, 0.1) is 23.5 Å². The molecule has 3 amide bonds. The van der Waals surface area contributed by atoms with Gasteiger partial charge in [-0.2, -0.15) is 13.2 Å². The number of nitrogens with two attached hydrogens (primary N) is 1. The summed E-state index contributed by atoms with van der Waals surface area (Å²) in [5, 5.41) is 8.28. The summed E-state index contributed by atoms with van der Waals surface area (Å²) in [6.45, 7) is 0.686. The van der Waals surface area contributed by atoms with Crippen molar-refractivity contribution in [2.24, 2.45) is 17.6 Å². The van der Waals surface area contributed by atoms with Crippen LogP contribution in [-0.2, 0) is 40.5 Å². The van der Waals surface area contributed by atoms with Gasteiger partial charge in [0.05, 0.1) is 6.54 Å². The summed E-state index contributed by atoms with van der Waals surface area (Å²) in [6, 6.07) is -1.04. The van der Waals surface area contributed by atoms with E-state index >= 15 is 0 Å². The van der Waals surface area contributed by atoms with Gasteiger partial charge in [0, 0.05) is 38.6 Å². The summed E-state index contributed by atoms with van der Waals surface area (Å²) in [4.78, 5) is 25.3. The van der Waals surface area contributed by atoms with Gasteiger partial charge in [0.1, 0.15) is 16.5 Å². The molecular weight excluding hydrogens is 603 g/mol. The molecule has 18 heteroatoms. The molecule has 2 unspecified atom stereocenters. The summed E-state index contributed by atoms with van der Waals surface area (Å²) < 4.78 is 96.9. The highest BCUT2D eigenvalue weighted by Crippen LogP contribution is 2.35. The van der Waals surface area contributed by atoms with Crippen molar-refractivity contribution >= 4 is 22.0 Å². The molecule has 2 aromatic rings. The maximum atomic E-state index is 14.9. The lowest BCUT2D eigenvalue weighted by Crippen LogP contribution is -2.48. The highest BCUT2D eigenvalue weighted by Gasteiger charge is 2.40. The number of carbonyl (C=O) groups excluding carboxylic acids is 2. The molecule has 2 fully saturated rings. The van der Waals surface area contributed by atoms with Crippen LogP contribution < -0.4 is 15.9 Å². The van der Waals surface area contributed by atoms with Crippen molar-refractivity contribution in [2.45, 2.75) is 68.7 Å². The molecule has 0 radical (unpaired) electrons. The molecule has 3 heterocycles. The second kappa shape index (κ2) is 12.0. The van der Waals surface area contributed by atoms with Crippen LogP contribution in [0.15, 0.2) is 17.0 Å². The quantitative estimate of drug-likeness (QED) is 0.390. The second-order valence-corrected chi connectivity index (χ2v) is 12.9. The number of carbonyl (C=O) groups is 2. The molecule has 1 saturated heterocycles. The van der Waals surface area contributed by atoms with Gasteiger partial charge >= 0.3 is 12.2 Å². The average Bonchev–Trinajstić information content (AvgIpc) is 3.53. The van der Waals surface area contributed by atoms with Crippen molar-refractivity contribution in [3.63, 3.8) is 0 Å². The lowest BCUT2D eigenvalue weighted by molar-refractivity contribution is -0.148. The average molecular weight is 635 g/mol. The van der Waals surface area contributed by atoms with E-state index in [2.05, 4.69) is 15.6 Å². The summed E-state index contributed by atoms with van der Waals surface area (Å²) >= 11 is 0. The number of benzene rings is 1. The van der Waals surface area contributed by atoms with Crippen LogP contribution in [0.1, 0.15) is 49.3 Å². The fraction of sp³-hybridized carbons (Fsp3) is 0.600. The van der Waals surface area contributed by atoms with E-state index in [1.807, 2.05) is 0 Å². The number of rotatable bonds is 7. The minimum absolute atomic E-state index is 0.0499. The fourth-order valence-corrected chi connectivity index (χ4v) is 7.04. The number of amides is 3. The zero-order chi connectivity index (χ0) is 31.1. The highest BCUT2D eigenvalue weighted by molar-refractivity contribution is 7.90. The van der Waals surface area contributed by atoms with Crippen molar-refractivity contribution < 1.29 is 40.0 Å². The van der Waals surface area contributed by atoms with Gasteiger partial charge in [-0.15, -0.1) is 10.2 Å². The number of hydrogen-bond donors (Lipinski definition) is 3. The molecule has 3 aliphatic rings. The molecular formula is C25H31F5N8O4S. The molecule has 43 heavy (non-hydrogen) atoms. The molecule has 4 N–H and O–H groups in total. The van der Waals surface area contributed by atoms with Gasteiger partial charge in [0.15, 0.2) is 5.82 Å². The Morgan fingerprint density at radius 1 is 1.05 bits per heavy atom. The minimum Gasteiger partial charge on any atom is -0.333 e.